The van der Waals surface area contributed by atoms with E-state index in [9.17, 15) is 24.8 Å². The van der Waals surface area contributed by atoms with Crippen LogP contribution in [-0.4, -0.2) is 42.2 Å². The molecule has 10 nitrogen and oxygen atoms in total. The zero-order valence-corrected chi connectivity index (χ0v) is 16.4. The number of carbonyl (C=O) groups is 2. The van der Waals surface area contributed by atoms with Crippen LogP contribution < -0.4 is 14.8 Å². The van der Waals surface area contributed by atoms with Gasteiger partial charge in [-0.1, -0.05) is 6.07 Å². The second-order valence-corrected chi connectivity index (χ2v) is 5.97. The summed E-state index contributed by atoms with van der Waals surface area (Å²) in [4.78, 5) is 34.6. The van der Waals surface area contributed by atoms with Crippen LogP contribution in [-0.2, 0) is 14.3 Å². The number of hydrogen-bond acceptors (Lipinski definition) is 8. The minimum Gasteiger partial charge on any atom is -0.504 e. The SMILES string of the molecule is COc1cc(/C=C/C(=O)OC(C)C(=O)Nc2cc([N+](=O)[O-])ccc2OC)ccc1O. The summed E-state index contributed by atoms with van der Waals surface area (Å²) < 4.78 is 15.1. The van der Waals surface area contributed by atoms with Gasteiger partial charge in [0.25, 0.3) is 11.6 Å². The quantitative estimate of drug-likeness (QED) is 0.290. The Labute approximate surface area is 171 Å². The molecule has 2 aromatic carbocycles. The number of nitrogens with one attached hydrogen (secondary N) is 1. The highest BCUT2D eigenvalue weighted by atomic mass is 16.6. The van der Waals surface area contributed by atoms with Gasteiger partial charge in [-0.3, -0.25) is 14.9 Å². The number of phenols is 1. The first-order valence-corrected chi connectivity index (χ1v) is 8.64. The first-order valence-electron chi connectivity index (χ1n) is 8.64. The van der Waals surface area contributed by atoms with Crippen LogP contribution in [0.1, 0.15) is 12.5 Å². The first kappa shape index (κ1) is 22.2. The molecule has 0 aliphatic rings. The summed E-state index contributed by atoms with van der Waals surface area (Å²) in [6.45, 7) is 1.36. The molecule has 0 bridgehead atoms. The normalized spacial score (nSPS) is 11.6. The van der Waals surface area contributed by atoms with Crippen molar-refractivity contribution in [3.63, 3.8) is 0 Å². The molecule has 0 saturated heterocycles. The molecule has 0 aromatic heterocycles. The third kappa shape index (κ3) is 5.71. The number of benzene rings is 2. The molecule has 0 radical (unpaired) electrons. The van der Waals surface area contributed by atoms with E-state index in [4.69, 9.17) is 14.2 Å². The Bertz CT molecular complexity index is 987. The second-order valence-electron chi connectivity index (χ2n) is 5.97. The van der Waals surface area contributed by atoms with Gasteiger partial charge in [-0.15, -0.1) is 0 Å². The van der Waals surface area contributed by atoms with E-state index in [1.165, 1.54) is 51.5 Å². The summed E-state index contributed by atoms with van der Waals surface area (Å²) in [7, 11) is 2.75. The molecule has 0 aliphatic carbocycles. The number of rotatable bonds is 8. The Hall–Kier alpha value is -4.08. The first-order chi connectivity index (χ1) is 14.2. The van der Waals surface area contributed by atoms with Gasteiger partial charge in [-0.05, 0) is 36.8 Å². The number of esters is 1. The van der Waals surface area contributed by atoms with Crippen LogP contribution in [0.15, 0.2) is 42.5 Å². The maximum atomic E-state index is 12.3. The lowest BCUT2D eigenvalue weighted by Crippen LogP contribution is -2.29. The molecule has 0 heterocycles. The smallest absolute Gasteiger partial charge is 0.331 e. The highest BCUT2D eigenvalue weighted by Crippen LogP contribution is 2.29. The van der Waals surface area contributed by atoms with Gasteiger partial charge in [0.05, 0.1) is 24.8 Å². The van der Waals surface area contributed by atoms with E-state index < -0.39 is 22.9 Å². The van der Waals surface area contributed by atoms with Gasteiger partial charge >= 0.3 is 5.97 Å². The summed E-state index contributed by atoms with van der Waals surface area (Å²) in [5.41, 5.74) is 0.411. The molecule has 1 unspecified atom stereocenters. The molecule has 2 aromatic rings. The number of hydrogen-bond donors (Lipinski definition) is 2. The van der Waals surface area contributed by atoms with Crippen LogP contribution in [0.2, 0.25) is 0 Å². The fourth-order valence-corrected chi connectivity index (χ4v) is 2.37. The van der Waals surface area contributed by atoms with Crippen molar-refractivity contribution in [2.75, 3.05) is 19.5 Å². The number of methoxy groups -OCH3 is 2. The van der Waals surface area contributed by atoms with Gasteiger partial charge in [0.1, 0.15) is 5.75 Å². The highest BCUT2D eigenvalue weighted by Gasteiger charge is 2.20. The van der Waals surface area contributed by atoms with Crippen LogP contribution in [0.25, 0.3) is 6.08 Å². The summed E-state index contributed by atoms with van der Waals surface area (Å²) in [6.07, 6.45) is 1.36. The van der Waals surface area contributed by atoms with Crippen LogP contribution in [0.3, 0.4) is 0 Å². The average molecular weight is 416 g/mol. The number of nitro groups is 1. The summed E-state index contributed by atoms with van der Waals surface area (Å²) >= 11 is 0. The van der Waals surface area contributed by atoms with E-state index in [0.717, 1.165) is 12.1 Å². The number of anilines is 1. The third-order valence-electron chi connectivity index (χ3n) is 3.93. The molecule has 1 atom stereocenters. The summed E-state index contributed by atoms with van der Waals surface area (Å²) in [5.74, 6) is -1.06. The molecular formula is C20H20N2O8. The number of nitrogens with zero attached hydrogens (tertiary/aromatic N) is 1. The molecule has 2 rings (SSSR count). The molecule has 0 saturated carbocycles. The van der Waals surface area contributed by atoms with Crippen LogP contribution in [0.5, 0.6) is 17.2 Å². The fourth-order valence-electron chi connectivity index (χ4n) is 2.37. The number of amides is 1. The second kappa shape index (κ2) is 9.92. The van der Waals surface area contributed by atoms with Crippen molar-refractivity contribution in [1.29, 1.82) is 0 Å². The number of nitro benzene ring substituents is 1. The Morgan fingerprint density at radius 3 is 2.47 bits per heavy atom. The van der Waals surface area contributed by atoms with Gasteiger partial charge in [-0.25, -0.2) is 4.79 Å². The Morgan fingerprint density at radius 1 is 1.13 bits per heavy atom. The standard InChI is InChI=1S/C20H20N2O8/c1-12(20(25)21-15-11-14(22(26)27)6-8-17(15)28-2)30-19(24)9-5-13-4-7-16(23)18(10-13)29-3/h4-12,23H,1-3H3,(H,21,25)/b9-5+. The van der Waals surface area contributed by atoms with E-state index in [-0.39, 0.29) is 28.6 Å². The molecule has 1 amide bonds. The van der Waals surface area contributed by atoms with Crippen molar-refractivity contribution in [1.82, 2.24) is 0 Å². The minimum absolute atomic E-state index is 0.0425. The van der Waals surface area contributed by atoms with Crippen molar-refractivity contribution in [3.8, 4) is 17.2 Å². The maximum Gasteiger partial charge on any atom is 0.331 e. The molecular weight excluding hydrogens is 396 g/mol. The van der Waals surface area contributed by atoms with Gasteiger partial charge in [-0.2, -0.15) is 0 Å². The van der Waals surface area contributed by atoms with E-state index >= 15 is 0 Å². The van der Waals surface area contributed by atoms with Gasteiger partial charge < -0.3 is 24.6 Å². The summed E-state index contributed by atoms with van der Waals surface area (Å²) in [5, 5.41) is 22.9. The van der Waals surface area contributed by atoms with Crippen LogP contribution >= 0.6 is 0 Å². The Balaban J connectivity index is 2.02. The van der Waals surface area contributed by atoms with E-state index in [1.807, 2.05) is 0 Å². The number of ether oxygens (including phenoxy) is 3. The average Bonchev–Trinajstić information content (AvgIpc) is 2.72. The van der Waals surface area contributed by atoms with Crippen molar-refractivity contribution < 1.29 is 33.8 Å². The predicted molar refractivity (Wildman–Crippen MR) is 108 cm³/mol. The molecule has 30 heavy (non-hydrogen) atoms. The van der Waals surface area contributed by atoms with Gasteiger partial charge in [0.15, 0.2) is 17.6 Å². The van der Waals surface area contributed by atoms with E-state index in [2.05, 4.69) is 5.32 Å². The highest BCUT2D eigenvalue weighted by molar-refractivity contribution is 5.97. The molecule has 0 fully saturated rings. The Morgan fingerprint density at radius 2 is 1.83 bits per heavy atom. The molecule has 10 heteroatoms. The number of phenolic OH excluding ortho intramolecular Hbond substituents is 1. The van der Waals surface area contributed by atoms with Gasteiger partial charge in [0, 0.05) is 18.2 Å². The largest absolute Gasteiger partial charge is 0.504 e. The molecule has 158 valence electrons. The lowest BCUT2D eigenvalue weighted by atomic mass is 10.2. The summed E-state index contributed by atoms with van der Waals surface area (Å²) in [6, 6.07) is 8.21. The van der Waals surface area contributed by atoms with E-state index in [0.29, 0.717) is 5.56 Å². The van der Waals surface area contributed by atoms with Crippen molar-refractivity contribution >= 4 is 29.3 Å². The zero-order chi connectivity index (χ0) is 22.3. The fraction of sp³-hybridized carbons (Fsp3) is 0.200. The number of non-ortho nitro benzene ring substituents is 1. The number of aromatic hydroxyl groups is 1. The predicted octanol–water partition coefficient (Wildman–Crippen LogP) is 2.90. The lowest BCUT2D eigenvalue weighted by Gasteiger charge is -2.14. The molecule has 2 N–H and O–H groups in total. The van der Waals surface area contributed by atoms with E-state index in [1.54, 1.807) is 6.07 Å². The van der Waals surface area contributed by atoms with Crippen LogP contribution in [0, 0.1) is 10.1 Å². The van der Waals surface area contributed by atoms with Crippen molar-refractivity contribution in [3.05, 3.63) is 58.2 Å². The topological polar surface area (TPSA) is 137 Å². The number of carbonyl (C=O) groups excluding carboxylic acids is 2. The monoisotopic (exact) mass is 416 g/mol. The zero-order valence-electron chi connectivity index (χ0n) is 16.4. The van der Waals surface area contributed by atoms with Crippen molar-refractivity contribution in [2.45, 2.75) is 13.0 Å². The van der Waals surface area contributed by atoms with Gasteiger partial charge in [0.2, 0.25) is 0 Å². The molecule has 0 aliphatic heterocycles. The maximum absolute atomic E-state index is 12.3. The van der Waals surface area contributed by atoms with Crippen LogP contribution in [0.4, 0.5) is 11.4 Å². The van der Waals surface area contributed by atoms with Crippen molar-refractivity contribution in [2.24, 2.45) is 0 Å². The third-order valence-corrected chi connectivity index (χ3v) is 3.93. The molecule has 0 spiro atoms. The minimum atomic E-state index is -1.18. The Kier molecular flexibility index (Phi) is 7.34. The lowest BCUT2D eigenvalue weighted by molar-refractivity contribution is -0.384.